The van der Waals surface area contributed by atoms with Crippen LogP contribution in [0.4, 0.5) is 10.5 Å². The van der Waals surface area contributed by atoms with Crippen molar-refractivity contribution in [1.82, 2.24) is 9.55 Å². The summed E-state index contributed by atoms with van der Waals surface area (Å²) in [5, 5.41) is 3.32. The molecule has 0 unspecified atom stereocenters. The first-order chi connectivity index (χ1) is 16.9. The highest BCUT2D eigenvalue weighted by Gasteiger charge is 2.12. The van der Waals surface area contributed by atoms with Crippen molar-refractivity contribution < 1.29 is 19.1 Å². The molecule has 3 rings (SSSR count). The Kier molecular flexibility index (Phi) is 9.23. The van der Waals surface area contributed by atoms with Crippen molar-refractivity contribution in [3.63, 3.8) is 0 Å². The maximum atomic E-state index is 12.0. The van der Waals surface area contributed by atoms with Gasteiger partial charge in [0.1, 0.15) is 11.7 Å². The summed E-state index contributed by atoms with van der Waals surface area (Å²) in [7, 11) is 1.93. The number of nitrogens with one attached hydrogen (secondary N) is 1. The molecular formula is C26H33N5O4. The first kappa shape index (κ1) is 25.7. The van der Waals surface area contributed by atoms with E-state index in [4.69, 9.17) is 15.2 Å². The summed E-state index contributed by atoms with van der Waals surface area (Å²) in [4.78, 5) is 32.3. The minimum atomic E-state index is -0.672. The van der Waals surface area contributed by atoms with E-state index < -0.39 is 6.09 Å². The highest BCUT2D eigenvalue weighted by molar-refractivity contribution is 6.02. The standard InChI is InChI=1S/C26H33N5O4/c1-4-6-7-8-15-35-26(33)30-24(27)18-9-12-20(13-10-18)28-17-23-29-21-16-19(25(32)34-5-2)11-14-22(21)31(23)3/h9-14,16,28H,4-8,15,17H2,1-3H3,(H2,27,30,33). The van der Waals surface area contributed by atoms with E-state index in [2.05, 4.69) is 22.2 Å². The Bertz CT molecular complexity index is 1180. The van der Waals surface area contributed by atoms with Gasteiger partial charge in [0.25, 0.3) is 0 Å². The molecule has 2 aromatic carbocycles. The molecule has 0 saturated heterocycles. The maximum absolute atomic E-state index is 12.0. The molecule has 1 heterocycles. The number of amidine groups is 1. The van der Waals surface area contributed by atoms with Gasteiger partial charge in [0.2, 0.25) is 0 Å². The van der Waals surface area contributed by atoms with Crippen molar-refractivity contribution in [3.8, 4) is 0 Å². The molecule has 0 aliphatic rings. The summed E-state index contributed by atoms with van der Waals surface area (Å²) in [6.45, 7) is 5.06. The monoisotopic (exact) mass is 479 g/mol. The third kappa shape index (κ3) is 7.05. The highest BCUT2D eigenvalue weighted by atomic mass is 16.5. The van der Waals surface area contributed by atoms with E-state index in [1.807, 2.05) is 29.8 Å². The van der Waals surface area contributed by atoms with E-state index in [-0.39, 0.29) is 11.8 Å². The largest absolute Gasteiger partial charge is 0.462 e. The van der Waals surface area contributed by atoms with Crippen LogP contribution in [0.2, 0.25) is 0 Å². The minimum absolute atomic E-state index is 0.114. The van der Waals surface area contributed by atoms with E-state index in [1.165, 1.54) is 0 Å². The number of nitrogens with two attached hydrogens (primary N) is 1. The highest BCUT2D eigenvalue weighted by Crippen LogP contribution is 2.19. The Balaban J connectivity index is 1.58. The van der Waals surface area contributed by atoms with Crippen LogP contribution in [0.3, 0.4) is 0 Å². The van der Waals surface area contributed by atoms with E-state index >= 15 is 0 Å². The van der Waals surface area contributed by atoms with Gasteiger partial charge in [-0.05, 0) is 55.8 Å². The van der Waals surface area contributed by atoms with Crippen molar-refractivity contribution in [3.05, 3.63) is 59.4 Å². The molecule has 0 aliphatic heterocycles. The average Bonchev–Trinajstić information content (AvgIpc) is 3.17. The molecule has 0 atom stereocenters. The van der Waals surface area contributed by atoms with Crippen LogP contribution >= 0.6 is 0 Å². The summed E-state index contributed by atoms with van der Waals surface area (Å²) in [6, 6.07) is 12.6. The fourth-order valence-electron chi connectivity index (χ4n) is 3.57. The lowest BCUT2D eigenvalue weighted by molar-refractivity contribution is 0.0526. The molecule has 35 heavy (non-hydrogen) atoms. The number of hydrogen-bond donors (Lipinski definition) is 2. The molecular weight excluding hydrogens is 446 g/mol. The number of esters is 1. The molecule has 1 amide bonds. The number of imidazole rings is 1. The second-order valence-corrected chi connectivity index (χ2v) is 8.11. The number of unbranched alkanes of at least 4 members (excludes halogenated alkanes) is 3. The van der Waals surface area contributed by atoms with Crippen LogP contribution < -0.4 is 11.1 Å². The Morgan fingerprint density at radius 1 is 1.03 bits per heavy atom. The van der Waals surface area contributed by atoms with Gasteiger partial charge in [0.15, 0.2) is 0 Å². The Hall–Kier alpha value is -3.88. The minimum Gasteiger partial charge on any atom is -0.462 e. The van der Waals surface area contributed by atoms with Gasteiger partial charge >= 0.3 is 12.1 Å². The molecule has 9 nitrogen and oxygen atoms in total. The fourth-order valence-corrected chi connectivity index (χ4v) is 3.57. The summed E-state index contributed by atoms with van der Waals surface area (Å²) in [5.41, 5.74) is 9.58. The average molecular weight is 480 g/mol. The zero-order chi connectivity index (χ0) is 25.2. The number of benzene rings is 2. The maximum Gasteiger partial charge on any atom is 0.435 e. The second-order valence-electron chi connectivity index (χ2n) is 8.11. The molecule has 0 spiro atoms. The number of nitrogens with zero attached hydrogens (tertiary/aromatic N) is 3. The van der Waals surface area contributed by atoms with E-state index in [0.717, 1.165) is 48.2 Å². The van der Waals surface area contributed by atoms with Crippen molar-refractivity contribution in [2.45, 2.75) is 46.1 Å². The number of carbonyl (C=O) groups excluding carboxylic acids is 2. The van der Waals surface area contributed by atoms with Crippen LogP contribution in [0.25, 0.3) is 11.0 Å². The van der Waals surface area contributed by atoms with Gasteiger partial charge in [-0.2, -0.15) is 4.99 Å². The molecule has 0 radical (unpaired) electrons. The topological polar surface area (TPSA) is 121 Å². The number of aliphatic imine (C=N–C) groups is 1. The second kappa shape index (κ2) is 12.5. The predicted octanol–water partition coefficient (Wildman–Crippen LogP) is 4.78. The number of aryl methyl sites for hydroxylation is 1. The molecule has 186 valence electrons. The van der Waals surface area contributed by atoms with Gasteiger partial charge in [-0.1, -0.05) is 26.2 Å². The number of anilines is 1. The van der Waals surface area contributed by atoms with Crippen LogP contribution in [-0.2, 0) is 23.1 Å². The summed E-state index contributed by atoms with van der Waals surface area (Å²) in [5.74, 6) is 0.568. The van der Waals surface area contributed by atoms with Gasteiger partial charge in [-0.3, -0.25) is 0 Å². The number of fused-ring (bicyclic) bond motifs is 1. The number of hydrogen-bond acceptors (Lipinski definition) is 6. The molecule has 9 heteroatoms. The lowest BCUT2D eigenvalue weighted by Crippen LogP contribution is -2.16. The third-order valence-corrected chi connectivity index (χ3v) is 5.55. The van der Waals surface area contributed by atoms with Crippen molar-refractivity contribution in [1.29, 1.82) is 0 Å². The summed E-state index contributed by atoms with van der Waals surface area (Å²) < 4.78 is 12.2. The van der Waals surface area contributed by atoms with Crippen molar-refractivity contribution >= 4 is 34.6 Å². The van der Waals surface area contributed by atoms with Crippen LogP contribution in [0.1, 0.15) is 61.3 Å². The molecule has 3 aromatic rings. The Morgan fingerprint density at radius 2 is 1.77 bits per heavy atom. The zero-order valence-electron chi connectivity index (χ0n) is 20.5. The Morgan fingerprint density at radius 3 is 2.49 bits per heavy atom. The molecule has 0 bridgehead atoms. The quantitative estimate of drug-likeness (QED) is 0.176. The first-order valence-electron chi connectivity index (χ1n) is 11.9. The van der Waals surface area contributed by atoms with Crippen LogP contribution in [-0.4, -0.2) is 40.7 Å². The number of amides is 1. The summed E-state index contributed by atoms with van der Waals surface area (Å²) >= 11 is 0. The van der Waals surface area contributed by atoms with Crippen molar-refractivity contribution in [2.24, 2.45) is 17.8 Å². The van der Waals surface area contributed by atoms with Gasteiger partial charge in [-0.25, -0.2) is 14.6 Å². The number of aromatic nitrogens is 2. The number of carbonyl (C=O) groups is 2. The van der Waals surface area contributed by atoms with Gasteiger partial charge in [-0.15, -0.1) is 0 Å². The van der Waals surface area contributed by atoms with E-state index in [1.54, 1.807) is 31.2 Å². The fraction of sp³-hybridized carbons (Fsp3) is 0.385. The predicted molar refractivity (Wildman–Crippen MR) is 137 cm³/mol. The molecule has 1 aromatic heterocycles. The number of rotatable bonds is 11. The van der Waals surface area contributed by atoms with Crippen LogP contribution in [0.5, 0.6) is 0 Å². The van der Waals surface area contributed by atoms with E-state index in [0.29, 0.717) is 30.9 Å². The van der Waals surface area contributed by atoms with Gasteiger partial charge < -0.3 is 25.1 Å². The first-order valence-corrected chi connectivity index (χ1v) is 11.9. The number of ether oxygens (including phenoxy) is 2. The molecule has 0 aliphatic carbocycles. The SMILES string of the molecule is CCCCCCOC(=O)/N=C(\N)c1ccc(NCc2nc3cc(C(=O)OCC)ccc3n2C)cc1. The zero-order valence-corrected chi connectivity index (χ0v) is 20.5. The van der Waals surface area contributed by atoms with Gasteiger partial charge in [0, 0.05) is 18.3 Å². The van der Waals surface area contributed by atoms with Crippen LogP contribution in [0.15, 0.2) is 47.5 Å². The lowest BCUT2D eigenvalue weighted by atomic mass is 10.2. The third-order valence-electron chi connectivity index (χ3n) is 5.55. The lowest BCUT2D eigenvalue weighted by Gasteiger charge is -2.08. The van der Waals surface area contributed by atoms with Gasteiger partial charge in [0.05, 0.1) is 36.4 Å². The molecule has 3 N–H and O–H groups in total. The molecule has 0 saturated carbocycles. The Labute approximate surface area is 205 Å². The normalized spacial score (nSPS) is 11.5. The van der Waals surface area contributed by atoms with Crippen LogP contribution in [0, 0.1) is 0 Å². The molecule has 0 fully saturated rings. The summed E-state index contributed by atoms with van der Waals surface area (Å²) in [6.07, 6.45) is 3.43. The smallest absolute Gasteiger partial charge is 0.435 e. The van der Waals surface area contributed by atoms with Crippen molar-refractivity contribution in [2.75, 3.05) is 18.5 Å². The van der Waals surface area contributed by atoms with E-state index in [9.17, 15) is 9.59 Å².